The molecule has 2 aromatic heterocycles. The molecule has 8 heteroatoms. The van der Waals surface area contributed by atoms with Crippen molar-refractivity contribution in [2.45, 2.75) is 45.9 Å². The monoisotopic (exact) mass is 448 g/mol. The zero-order valence-corrected chi connectivity index (χ0v) is 18.9. The van der Waals surface area contributed by atoms with Crippen LogP contribution in [0.4, 0.5) is 5.88 Å². The summed E-state index contributed by atoms with van der Waals surface area (Å²) < 4.78 is 16.8. The maximum atomic E-state index is 12.7. The van der Waals surface area contributed by atoms with Crippen molar-refractivity contribution >= 4 is 11.8 Å². The van der Waals surface area contributed by atoms with Gasteiger partial charge in [-0.05, 0) is 49.9 Å². The van der Waals surface area contributed by atoms with Gasteiger partial charge < -0.3 is 23.8 Å². The van der Waals surface area contributed by atoms with E-state index >= 15 is 0 Å². The first kappa shape index (κ1) is 22.6. The number of carbonyl (C=O) groups excluding carboxylic acids is 1. The fourth-order valence-electron chi connectivity index (χ4n) is 3.88. The lowest BCUT2D eigenvalue weighted by Gasteiger charge is -2.31. The highest BCUT2D eigenvalue weighted by Gasteiger charge is 2.29. The molecule has 3 aromatic rings. The van der Waals surface area contributed by atoms with Gasteiger partial charge in [0.05, 0.1) is 19.0 Å². The number of nitrogens with zero attached hydrogens (tertiary/aromatic N) is 3. The van der Waals surface area contributed by atoms with Crippen LogP contribution < -0.4 is 10.2 Å². The van der Waals surface area contributed by atoms with Crippen LogP contribution in [0, 0.1) is 17.2 Å². The van der Waals surface area contributed by atoms with Crippen LogP contribution in [-0.4, -0.2) is 30.1 Å². The Morgan fingerprint density at radius 1 is 1.27 bits per heavy atom. The lowest BCUT2D eigenvalue weighted by atomic mass is 9.95. The van der Waals surface area contributed by atoms with E-state index in [0.29, 0.717) is 50.7 Å². The molecule has 0 radical (unpaired) electrons. The normalized spacial score (nSPS) is 14.4. The molecule has 1 aromatic carbocycles. The molecule has 33 heavy (non-hydrogen) atoms. The van der Waals surface area contributed by atoms with Crippen LogP contribution in [0.15, 0.2) is 51.5 Å². The quantitative estimate of drug-likeness (QED) is 0.549. The van der Waals surface area contributed by atoms with Crippen LogP contribution in [0.1, 0.15) is 43.5 Å². The summed E-state index contributed by atoms with van der Waals surface area (Å²) in [7, 11) is 0. The van der Waals surface area contributed by atoms with Gasteiger partial charge in [-0.15, -0.1) is 0 Å². The van der Waals surface area contributed by atoms with Gasteiger partial charge in [-0.2, -0.15) is 10.2 Å². The van der Waals surface area contributed by atoms with E-state index in [0.717, 1.165) is 11.1 Å². The zero-order valence-electron chi connectivity index (χ0n) is 18.9. The molecule has 4 rings (SSSR count). The van der Waals surface area contributed by atoms with Gasteiger partial charge in [0, 0.05) is 25.6 Å². The molecule has 0 aliphatic carbocycles. The van der Waals surface area contributed by atoms with Gasteiger partial charge >= 0.3 is 0 Å². The predicted octanol–water partition coefficient (Wildman–Crippen LogP) is 4.26. The van der Waals surface area contributed by atoms with Crippen LogP contribution in [-0.2, 0) is 22.7 Å². The minimum Gasteiger partial charge on any atom is -0.459 e. The number of benzene rings is 1. The number of nitriles is 1. The molecule has 1 N–H and O–H groups in total. The van der Waals surface area contributed by atoms with Crippen molar-refractivity contribution in [1.29, 1.82) is 5.26 Å². The highest BCUT2D eigenvalue weighted by atomic mass is 16.5. The smallest absolute Gasteiger partial charge is 0.266 e. The van der Waals surface area contributed by atoms with Crippen LogP contribution >= 0.6 is 0 Å². The van der Waals surface area contributed by atoms with E-state index in [9.17, 15) is 10.1 Å². The molecule has 1 aliphatic rings. The second kappa shape index (κ2) is 10.4. The number of oxazole rings is 1. The third-order valence-electron chi connectivity index (χ3n) is 5.64. The number of hydrogen-bond donors (Lipinski definition) is 1. The van der Waals surface area contributed by atoms with E-state index in [1.54, 1.807) is 12.1 Å². The van der Waals surface area contributed by atoms with Gasteiger partial charge in [0.15, 0.2) is 5.76 Å². The number of ether oxygens (including phenoxy) is 1. The van der Waals surface area contributed by atoms with Crippen molar-refractivity contribution in [2.75, 3.05) is 18.0 Å². The summed E-state index contributed by atoms with van der Waals surface area (Å²) in [5.41, 5.74) is 2.38. The van der Waals surface area contributed by atoms with Gasteiger partial charge in [-0.1, -0.05) is 24.3 Å². The van der Waals surface area contributed by atoms with Crippen LogP contribution in [0.25, 0.3) is 11.7 Å². The number of nitrogens with one attached hydrogen (secondary N) is 1. The summed E-state index contributed by atoms with van der Waals surface area (Å²) in [6, 6.07) is 13.7. The first-order chi connectivity index (χ1) is 16.0. The average molecular weight is 449 g/mol. The number of amides is 1. The molecule has 1 fully saturated rings. The number of furan rings is 1. The maximum absolute atomic E-state index is 12.7. The van der Waals surface area contributed by atoms with Gasteiger partial charge in [-0.3, -0.25) is 4.79 Å². The van der Waals surface area contributed by atoms with Crippen LogP contribution in [0.3, 0.4) is 0 Å². The van der Waals surface area contributed by atoms with Crippen molar-refractivity contribution in [2.24, 2.45) is 5.92 Å². The third-order valence-corrected chi connectivity index (χ3v) is 5.64. The van der Waals surface area contributed by atoms with Crippen molar-refractivity contribution in [3.05, 3.63) is 59.5 Å². The van der Waals surface area contributed by atoms with Crippen LogP contribution in [0.5, 0.6) is 0 Å². The Bertz CT molecular complexity index is 1110. The summed E-state index contributed by atoms with van der Waals surface area (Å²) in [6.45, 7) is 6.30. The van der Waals surface area contributed by atoms with E-state index in [2.05, 4.69) is 22.4 Å². The van der Waals surface area contributed by atoms with Gasteiger partial charge in [0.1, 0.15) is 6.07 Å². The molecule has 0 saturated carbocycles. The zero-order chi connectivity index (χ0) is 23.2. The Hall–Kier alpha value is -3.57. The highest BCUT2D eigenvalue weighted by Crippen LogP contribution is 2.31. The Balaban J connectivity index is 1.30. The topological polar surface area (TPSA) is 105 Å². The molecule has 1 saturated heterocycles. The summed E-state index contributed by atoms with van der Waals surface area (Å²) in [5, 5.41) is 12.5. The molecule has 3 heterocycles. The Morgan fingerprint density at radius 2 is 2.06 bits per heavy atom. The average Bonchev–Trinajstić information content (AvgIpc) is 3.51. The fraction of sp³-hybridized carbons (Fsp3) is 0.400. The molecule has 172 valence electrons. The molecule has 8 nitrogen and oxygen atoms in total. The van der Waals surface area contributed by atoms with Crippen molar-refractivity contribution in [3.8, 4) is 17.7 Å². The molecular weight excluding hydrogens is 420 g/mol. The standard InChI is InChI=1S/C25H28N4O4/c1-17(2)32-16-19-6-3-5-18(13-19)15-27-23(30)20-8-10-29(11-9-20)25-21(14-26)28-24(33-25)22-7-4-12-31-22/h3-7,12-13,17,20H,8-11,15-16H2,1-2H3,(H,27,30). The minimum atomic E-state index is -0.0771. The summed E-state index contributed by atoms with van der Waals surface area (Å²) in [4.78, 5) is 19.0. The number of carbonyl (C=O) groups is 1. The molecule has 0 bridgehead atoms. The van der Waals surface area contributed by atoms with Gasteiger partial charge in [0.2, 0.25) is 17.5 Å². The Labute approximate surface area is 193 Å². The Kier molecular flexibility index (Phi) is 7.10. The first-order valence-electron chi connectivity index (χ1n) is 11.2. The van der Waals surface area contributed by atoms with Crippen molar-refractivity contribution in [1.82, 2.24) is 10.3 Å². The molecule has 1 amide bonds. The Morgan fingerprint density at radius 3 is 2.76 bits per heavy atom. The van der Waals surface area contributed by atoms with E-state index in [-0.39, 0.29) is 29.5 Å². The third kappa shape index (κ3) is 5.62. The fourth-order valence-corrected chi connectivity index (χ4v) is 3.88. The minimum absolute atomic E-state index is 0.0489. The van der Waals surface area contributed by atoms with Crippen molar-refractivity contribution < 1.29 is 18.4 Å². The number of rotatable bonds is 8. The number of aromatic nitrogens is 1. The van der Waals surface area contributed by atoms with E-state index in [4.69, 9.17) is 13.6 Å². The molecule has 0 unspecified atom stereocenters. The number of piperidine rings is 1. The maximum Gasteiger partial charge on any atom is 0.266 e. The van der Waals surface area contributed by atoms with E-state index in [1.807, 2.05) is 36.9 Å². The molecule has 1 aliphatic heterocycles. The number of anilines is 1. The largest absolute Gasteiger partial charge is 0.459 e. The second-order valence-corrected chi connectivity index (χ2v) is 8.42. The second-order valence-electron chi connectivity index (χ2n) is 8.42. The van der Waals surface area contributed by atoms with Crippen LogP contribution in [0.2, 0.25) is 0 Å². The summed E-state index contributed by atoms with van der Waals surface area (Å²) in [5.74, 6) is 1.17. The lowest BCUT2D eigenvalue weighted by Crippen LogP contribution is -2.40. The van der Waals surface area contributed by atoms with Crippen molar-refractivity contribution in [3.63, 3.8) is 0 Å². The lowest BCUT2D eigenvalue weighted by molar-refractivity contribution is -0.125. The van der Waals surface area contributed by atoms with E-state index in [1.165, 1.54) is 6.26 Å². The highest BCUT2D eigenvalue weighted by molar-refractivity contribution is 5.79. The molecular formula is C25H28N4O4. The predicted molar refractivity (Wildman–Crippen MR) is 122 cm³/mol. The van der Waals surface area contributed by atoms with Gasteiger partial charge in [0.25, 0.3) is 5.89 Å². The van der Waals surface area contributed by atoms with Gasteiger partial charge in [-0.25, -0.2) is 0 Å². The summed E-state index contributed by atoms with van der Waals surface area (Å²) in [6.07, 6.45) is 3.06. The molecule has 0 atom stereocenters. The molecule has 0 spiro atoms. The first-order valence-corrected chi connectivity index (χ1v) is 11.2. The number of hydrogen-bond acceptors (Lipinski definition) is 7. The van der Waals surface area contributed by atoms with E-state index < -0.39 is 0 Å². The SMILES string of the molecule is CC(C)OCc1cccc(CNC(=O)C2CCN(c3oc(-c4ccco4)nc3C#N)CC2)c1. The summed E-state index contributed by atoms with van der Waals surface area (Å²) >= 11 is 0.